The summed E-state index contributed by atoms with van der Waals surface area (Å²) >= 11 is 0. The van der Waals surface area contributed by atoms with Gasteiger partial charge in [0.25, 0.3) is 0 Å². The number of aliphatic hydroxyl groups is 1. The van der Waals surface area contributed by atoms with Gasteiger partial charge in [-0.25, -0.2) is 0 Å². The fourth-order valence-corrected chi connectivity index (χ4v) is 1.25. The molecule has 0 aliphatic rings. The quantitative estimate of drug-likeness (QED) is 0.435. The zero-order valence-electron chi connectivity index (χ0n) is 8.97. The number of hydrogen-bond acceptors (Lipinski definition) is 5. The fourth-order valence-electron chi connectivity index (χ4n) is 1.25. The fraction of sp³-hybridized carbons (Fsp3) is 0.400. The maximum absolute atomic E-state index is 10.7. The number of benzene rings is 1. The van der Waals surface area contributed by atoms with Crippen molar-refractivity contribution < 1.29 is 14.8 Å². The highest BCUT2D eigenvalue weighted by atomic mass is 16.6. The van der Waals surface area contributed by atoms with E-state index in [1.807, 2.05) is 0 Å². The summed E-state index contributed by atoms with van der Waals surface area (Å²) in [7, 11) is 1.39. The minimum Gasteiger partial charge on any atom is -0.490 e. The maximum Gasteiger partial charge on any atom is 0.312 e. The van der Waals surface area contributed by atoms with Crippen molar-refractivity contribution in [1.82, 2.24) is 0 Å². The number of nitrogens with one attached hydrogen (secondary N) is 1. The average Bonchev–Trinajstić information content (AvgIpc) is 2.29. The van der Waals surface area contributed by atoms with Gasteiger partial charge >= 0.3 is 5.69 Å². The summed E-state index contributed by atoms with van der Waals surface area (Å²) in [4.78, 5) is 10.2. The molecule has 1 aromatic carbocycles. The predicted molar refractivity (Wildman–Crippen MR) is 59.8 cm³/mol. The number of nitro benzene ring substituents is 1. The number of methoxy groups -OCH3 is 1. The third-order valence-electron chi connectivity index (χ3n) is 2.04. The number of ether oxygens (including phenoxy) is 1. The molecule has 6 nitrogen and oxygen atoms in total. The highest BCUT2D eigenvalue weighted by molar-refractivity contribution is 5.58. The molecule has 16 heavy (non-hydrogen) atoms. The van der Waals surface area contributed by atoms with E-state index >= 15 is 0 Å². The summed E-state index contributed by atoms with van der Waals surface area (Å²) in [5, 5.41) is 22.3. The molecule has 0 saturated heterocycles. The molecule has 0 radical (unpaired) electrons. The Hall–Kier alpha value is -1.82. The number of anilines is 1. The lowest BCUT2D eigenvalue weighted by Gasteiger charge is -2.07. The number of nitro groups is 1. The summed E-state index contributed by atoms with van der Waals surface area (Å²) in [6.45, 7) is 0.658. The van der Waals surface area contributed by atoms with Crippen LogP contribution in [-0.2, 0) is 0 Å². The van der Waals surface area contributed by atoms with E-state index in [1.54, 1.807) is 12.1 Å². The Morgan fingerprint density at radius 3 is 2.88 bits per heavy atom. The standard InChI is InChI=1S/C10H14N2O4/c1-16-10-4-3-8(11-5-2-6-13)7-9(10)12(14)15/h3-4,7,11,13H,2,5-6H2,1H3. The molecule has 0 amide bonds. The van der Waals surface area contributed by atoms with Gasteiger partial charge in [-0.3, -0.25) is 10.1 Å². The first-order valence-electron chi connectivity index (χ1n) is 4.86. The van der Waals surface area contributed by atoms with Gasteiger partial charge < -0.3 is 15.2 Å². The molecule has 0 aromatic heterocycles. The monoisotopic (exact) mass is 226 g/mol. The number of rotatable bonds is 6. The van der Waals surface area contributed by atoms with Crippen LogP contribution in [0.1, 0.15) is 6.42 Å². The van der Waals surface area contributed by atoms with Crippen LogP contribution in [-0.4, -0.2) is 30.3 Å². The Balaban J connectivity index is 2.81. The summed E-state index contributed by atoms with van der Waals surface area (Å²) in [5.74, 6) is 0.234. The molecular formula is C10H14N2O4. The van der Waals surface area contributed by atoms with E-state index in [0.29, 0.717) is 18.7 Å². The van der Waals surface area contributed by atoms with Gasteiger partial charge in [-0.2, -0.15) is 0 Å². The molecule has 2 N–H and O–H groups in total. The van der Waals surface area contributed by atoms with Crippen LogP contribution in [0.25, 0.3) is 0 Å². The lowest BCUT2D eigenvalue weighted by atomic mass is 10.2. The topological polar surface area (TPSA) is 84.6 Å². The van der Waals surface area contributed by atoms with E-state index in [9.17, 15) is 10.1 Å². The van der Waals surface area contributed by atoms with Crippen molar-refractivity contribution >= 4 is 11.4 Å². The van der Waals surface area contributed by atoms with Gasteiger partial charge in [-0.1, -0.05) is 0 Å². The molecule has 0 heterocycles. The van der Waals surface area contributed by atoms with Crippen molar-refractivity contribution in [3.63, 3.8) is 0 Å². The van der Waals surface area contributed by atoms with Crippen LogP contribution in [0.15, 0.2) is 18.2 Å². The molecule has 0 saturated carbocycles. The van der Waals surface area contributed by atoms with Crippen LogP contribution < -0.4 is 10.1 Å². The van der Waals surface area contributed by atoms with Crippen LogP contribution >= 0.6 is 0 Å². The summed E-state index contributed by atoms with van der Waals surface area (Å²) in [6, 6.07) is 4.65. The Labute approximate surface area is 93.0 Å². The van der Waals surface area contributed by atoms with E-state index in [2.05, 4.69) is 5.32 Å². The second-order valence-electron chi connectivity index (χ2n) is 3.15. The highest BCUT2D eigenvalue weighted by Crippen LogP contribution is 2.29. The van der Waals surface area contributed by atoms with Crippen molar-refractivity contribution in [2.75, 3.05) is 25.6 Å². The zero-order valence-corrected chi connectivity index (χ0v) is 8.97. The van der Waals surface area contributed by atoms with Crippen molar-refractivity contribution in [3.8, 4) is 5.75 Å². The van der Waals surface area contributed by atoms with Crippen molar-refractivity contribution in [2.24, 2.45) is 0 Å². The minimum absolute atomic E-state index is 0.0727. The van der Waals surface area contributed by atoms with Crippen molar-refractivity contribution in [3.05, 3.63) is 28.3 Å². The minimum atomic E-state index is -0.490. The Morgan fingerprint density at radius 1 is 1.56 bits per heavy atom. The van der Waals surface area contributed by atoms with Crippen LogP contribution in [0, 0.1) is 10.1 Å². The third-order valence-corrected chi connectivity index (χ3v) is 2.04. The van der Waals surface area contributed by atoms with E-state index < -0.39 is 4.92 Å². The van der Waals surface area contributed by atoms with Gasteiger partial charge in [0.2, 0.25) is 0 Å². The van der Waals surface area contributed by atoms with Crippen molar-refractivity contribution in [2.45, 2.75) is 6.42 Å². The molecule has 88 valence electrons. The first-order chi connectivity index (χ1) is 7.69. The molecule has 0 aliphatic carbocycles. The van der Waals surface area contributed by atoms with Crippen LogP contribution in [0.5, 0.6) is 5.75 Å². The van der Waals surface area contributed by atoms with E-state index in [4.69, 9.17) is 9.84 Å². The van der Waals surface area contributed by atoms with E-state index in [1.165, 1.54) is 13.2 Å². The summed E-state index contributed by atoms with van der Waals surface area (Å²) < 4.78 is 4.88. The lowest BCUT2D eigenvalue weighted by Crippen LogP contribution is -2.04. The second-order valence-corrected chi connectivity index (χ2v) is 3.15. The normalized spacial score (nSPS) is 9.88. The molecule has 0 spiro atoms. The first kappa shape index (κ1) is 12.3. The number of nitrogens with zero attached hydrogens (tertiary/aromatic N) is 1. The summed E-state index contributed by atoms with van der Waals surface area (Å²) in [6.07, 6.45) is 0.597. The Morgan fingerprint density at radius 2 is 2.31 bits per heavy atom. The Bertz CT molecular complexity index is 368. The molecule has 1 aromatic rings. The van der Waals surface area contributed by atoms with Crippen LogP contribution in [0.4, 0.5) is 11.4 Å². The van der Waals surface area contributed by atoms with Crippen LogP contribution in [0.2, 0.25) is 0 Å². The van der Waals surface area contributed by atoms with E-state index in [-0.39, 0.29) is 18.0 Å². The van der Waals surface area contributed by atoms with Crippen LogP contribution in [0.3, 0.4) is 0 Å². The number of hydrogen-bond donors (Lipinski definition) is 2. The first-order valence-corrected chi connectivity index (χ1v) is 4.86. The molecule has 0 bridgehead atoms. The number of aliphatic hydroxyl groups excluding tert-OH is 1. The summed E-state index contributed by atoms with van der Waals surface area (Å²) in [5.41, 5.74) is 0.567. The van der Waals surface area contributed by atoms with E-state index in [0.717, 1.165) is 0 Å². The molecule has 1 rings (SSSR count). The smallest absolute Gasteiger partial charge is 0.312 e. The van der Waals surface area contributed by atoms with Gasteiger partial charge in [-0.15, -0.1) is 0 Å². The van der Waals surface area contributed by atoms with Gasteiger partial charge in [-0.05, 0) is 18.6 Å². The molecular weight excluding hydrogens is 212 g/mol. The largest absolute Gasteiger partial charge is 0.490 e. The van der Waals surface area contributed by atoms with Gasteiger partial charge in [0, 0.05) is 24.9 Å². The molecule has 0 fully saturated rings. The van der Waals surface area contributed by atoms with Crippen molar-refractivity contribution in [1.29, 1.82) is 0 Å². The molecule has 0 atom stereocenters. The SMILES string of the molecule is COc1ccc(NCCCO)cc1[N+](=O)[O-]. The zero-order chi connectivity index (χ0) is 12.0. The maximum atomic E-state index is 10.7. The van der Waals surface area contributed by atoms with Gasteiger partial charge in [0.15, 0.2) is 5.75 Å². The molecule has 6 heteroatoms. The lowest BCUT2D eigenvalue weighted by molar-refractivity contribution is -0.385. The predicted octanol–water partition coefficient (Wildman–Crippen LogP) is 1.40. The second kappa shape index (κ2) is 5.92. The average molecular weight is 226 g/mol. The molecule has 0 aliphatic heterocycles. The molecule has 0 unspecified atom stereocenters. The third kappa shape index (κ3) is 3.09. The van der Waals surface area contributed by atoms with Gasteiger partial charge in [0.05, 0.1) is 12.0 Å². The van der Waals surface area contributed by atoms with Gasteiger partial charge in [0.1, 0.15) is 0 Å². The Kier molecular flexibility index (Phi) is 4.53. The highest BCUT2D eigenvalue weighted by Gasteiger charge is 2.14.